The molecule has 9 heteroatoms. The number of primary amides is 1. The highest BCUT2D eigenvalue weighted by atomic mass is 35.5. The highest BCUT2D eigenvalue weighted by Gasteiger charge is 2.31. The molecule has 0 saturated carbocycles. The van der Waals surface area contributed by atoms with Crippen LogP contribution in [0.2, 0.25) is 5.02 Å². The summed E-state index contributed by atoms with van der Waals surface area (Å²) in [6, 6.07) is 8.98. The van der Waals surface area contributed by atoms with Crippen molar-refractivity contribution in [3.63, 3.8) is 0 Å². The molecule has 29 heavy (non-hydrogen) atoms. The van der Waals surface area contributed by atoms with Gasteiger partial charge in [-0.3, -0.25) is 19.1 Å². The van der Waals surface area contributed by atoms with Crippen molar-refractivity contribution in [2.45, 2.75) is 25.9 Å². The predicted octanol–water partition coefficient (Wildman–Crippen LogP) is 1.53. The normalized spacial score (nSPS) is 17.3. The average molecular weight is 416 g/mol. The fourth-order valence-corrected chi connectivity index (χ4v) is 4.09. The van der Waals surface area contributed by atoms with Gasteiger partial charge in [0.25, 0.3) is 11.8 Å². The van der Waals surface area contributed by atoms with Gasteiger partial charge >= 0.3 is 0 Å². The number of nitrogens with two attached hydrogens (primary N) is 1. The number of likely N-dealkylation sites (tertiary alicyclic amines) is 1. The lowest BCUT2D eigenvalue weighted by atomic mass is 9.96. The third-order valence-corrected chi connectivity index (χ3v) is 5.77. The van der Waals surface area contributed by atoms with Crippen LogP contribution < -0.4 is 5.73 Å². The fraction of sp³-hybridized carbons (Fsp3) is 0.400. The largest absolute Gasteiger partial charge is 0.369 e. The third kappa shape index (κ3) is 3.98. The minimum atomic E-state index is -0.319. The van der Waals surface area contributed by atoms with E-state index in [4.69, 9.17) is 17.3 Å². The number of halogens is 1. The van der Waals surface area contributed by atoms with Crippen molar-refractivity contribution in [2.24, 2.45) is 11.7 Å². The Morgan fingerprint density at radius 3 is 2.59 bits per heavy atom. The summed E-state index contributed by atoms with van der Waals surface area (Å²) in [6.07, 6.45) is 1.11. The highest BCUT2D eigenvalue weighted by Crippen LogP contribution is 2.21. The van der Waals surface area contributed by atoms with E-state index in [0.717, 1.165) is 5.56 Å². The summed E-state index contributed by atoms with van der Waals surface area (Å²) in [5, 5.41) is 4.98. The number of fused-ring (bicyclic) bond motifs is 1. The van der Waals surface area contributed by atoms with Crippen LogP contribution in [0.4, 0.5) is 0 Å². The molecule has 1 fully saturated rings. The third-order valence-electron chi connectivity index (χ3n) is 5.53. The zero-order valence-corrected chi connectivity index (χ0v) is 16.6. The number of hydrogen-bond acceptors (Lipinski definition) is 4. The van der Waals surface area contributed by atoms with Gasteiger partial charge in [0, 0.05) is 43.2 Å². The Morgan fingerprint density at radius 2 is 1.90 bits per heavy atom. The second-order valence-electron chi connectivity index (χ2n) is 7.46. The van der Waals surface area contributed by atoms with Gasteiger partial charge in [-0.2, -0.15) is 5.10 Å². The molecule has 4 rings (SSSR count). The average Bonchev–Trinajstić information content (AvgIpc) is 3.15. The number of carbonyl (C=O) groups is 3. The molecule has 0 bridgehead atoms. The van der Waals surface area contributed by atoms with Crippen LogP contribution in [-0.2, 0) is 17.9 Å². The first-order valence-corrected chi connectivity index (χ1v) is 10.0. The van der Waals surface area contributed by atoms with Crippen molar-refractivity contribution in [2.75, 3.05) is 19.6 Å². The first-order valence-electron chi connectivity index (χ1n) is 9.62. The van der Waals surface area contributed by atoms with E-state index in [-0.39, 0.29) is 29.3 Å². The Morgan fingerprint density at radius 1 is 1.14 bits per heavy atom. The maximum Gasteiger partial charge on any atom is 0.274 e. The number of aromatic nitrogens is 2. The summed E-state index contributed by atoms with van der Waals surface area (Å²) in [5.41, 5.74) is 6.97. The monoisotopic (exact) mass is 415 g/mol. The second kappa shape index (κ2) is 7.87. The zero-order valence-electron chi connectivity index (χ0n) is 15.9. The van der Waals surface area contributed by atoms with Crippen molar-refractivity contribution in [1.82, 2.24) is 19.6 Å². The highest BCUT2D eigenvalue weighted by molar-refractivity contribution is 6.30. The lowest BCUT2D eigenvalue weighted by Gasteiger charge is -2.29. The van der Waals surface area contributed by atoms with Gasteiger partial charge in [0.2, 0.25) is 5.91 Å². The number of benzene rings is 1. The Balaban J connectivity index is 1.46. The second-order valence-corrected chi connectivity index (χ2v) is 7.90. The molecule has 3 amide bonds. The molecular weight excluding hydrogens is 394 g/mol. The van der Waals surface area contributed by atoms with Gasteiger partial charge in [-0.05, 0) is 30.5 Å². The standard InChI is InChI=1S/C20H22ClN5O3/c21-15-3-1-2-13(10-15)12-25-8-9-26-17(20(25)29)11-16(23-26)19(28)24-6-4-14(5-7-24)18(22)27/h1-3,10-11,14H,4-9,12H2,(H2,22,27). The molecule has 0 aliphatic carbocycles. The number of hydrogen-bond donors (Lipinski definition) is 1. The van der Waals surface area contributed by atoms with Crippen LogP contribution in [0.1, 0.15) is 39.4 Å². The molecule has 0 spiro atoms. The van der Waals surface area contributed by atoms with E-state index in [1.807, 2.05) is 18.2 Å². The summed E-state index contributed by atoms with van der Waals surface area (Å²) in [5.74, 6) is -0.880. The summed E-state index contributed by atoms with van der Waals surface area (Å²) in [4.78, 5) is 40.4. The zero-order chi connectivity index (χ0) is 20.5. The molecule has 1 aromatic heterocycles. The quantitative estimate of drug-likeness (QED) is 0.818. The minimum Gasteiger partial charge on any atom is -0.369 e. The summed E-state index contributed by atoms with van der Waals surface area (Å²) >= 11 is 6.03. The van der Waals surface area contributed by atoms with Crippen LogP contribution in [0.15, 0.2) is 30.3 Å². The molecule has 0 atom stereocenters. The first kappa shape index (κ1) is 19.4. The van der Waals surface area contributed by atoms with E-state index in [0.29, 0.717) is 56.3 Å². The number of nitrogens with zero attached hydrogens (tertiary/aromatic N) is 4. The van der Waals surface area contributed by atoms with Gasteiger partial charge in [-0.15, -0.1) is 0 Å². The van der Waals surface area contributed by atoms with Gasteiger partial charge in [-0.25, -0.2) is 0 Å². The molecule has 3 heterocycles. The number of rotatable bonds is 4. The predicted molar refractivity (Wildman–Crippen MR) is 106 cm³/mol. The van der Waals surface area contributed by atoms with Crippen molar-refractivity contribution >= 4 is 29.3 Å². The Kier molecular flexibility index (Phi) is 5.27. The van der Waals surface area contributed by atoms with E-state index >= 15 is 0 Å². The lowest BCUT2D eigenvalue weighted by molar-refractivity contribution is -0.123. The topological polar surface area (TPSA) is 102 Å². The van der Waals surface area contributed by atoms with Crippen LogP contribution in [0.25, 0.3) is 0 Å². The molecule has 1 aromatic carbocycles. The Labute approximate surface area is 173 Å². The molecule has 2 N–H and O–H groups in total. The van der Waals surface area contributed by atoms with Crippen LogP contribution in [0.5, 0.6) is 0 Å². The smallest absolute Gasteiger partial charge is 0.274 e. The van der Waals surface area contributed by atoms with Gasteiger partial charge < -0.3 is 15.5 Å². The van der Waals surface area contributed by atoms with Crippen LogP contribution >= 0.6 is 11.6 Å². The molecule has 2 aliphatic heterocycles. The van der Waals surface area contributed by atoms with Crippen LogP contribution in [-0.4, -0.2) is 56.9 Å². The van der Waals surface area contributed by atoms with E-state index in [2.05, 4.69) is 5.10 Å². The van der Waals surface area contributed by atoms with Gasteiger partial charge in [-0.1, -0.05) is 23.7 Å². The van der Waals surface area contributed by atoms with E-state index < -0.39 is 0 Å². The molecular formula is C20H22ClN5O3. The maximum absolute atomic E-state index is 12.9. The van der Waals surface area contributed by atoms with E-state index in [1.165, 1.54) is 0 Å². The number of carbonyl (C=O) groups excluding carboxylic acids is 3. The van der Waals surface area contributed by atoms with Gasteiger partial charge in [0.1, 0.15) is 5.69 Å². The van der Waals surface area contributed by atoms with Crippen molar-refractivity contribution in [1.29, 1.82) is 0 Å². The first-order chi connectivity index (χ1) is 13.9. The van der Waals surface area contributed by atoms with Gasteiger partial charge in [0.15, 0.2) is 5.69 Å². The number of amides is 3. The van der Waals surface area contributed by atoms with Crippen LogP contribution in [0, 0.1) is 5.92 Å². The van der Waals surface area contributed by atoms with Crippen molar-refractivity contribution in [3.8, 4) is 0 Å². The molecule has 2 aliphatic rings. The molecule has 2 aromatic rings. The maximum atomic E-state index is 12.9. The summed E-state index contributed by atoms with van der Waals surface area (Å²) in [7, 11) is 0. The SMILES string of the molecule is NC(=O)C1CCN(C(=O)c2cc3n(n2)CCN(Cc2cccc(Cl)c2)C3=O)CC1. The molecule has 0 unspecified atom stereocenters. The number of piperidine rings is 1. The fourth-order valence-electron chi connectivity index (χ4n) is 3.88. The summed E-state index contributed by atoms with van der Waals surface area (Å²) < 4.78 is 1.60. The van der Waals surface area contributed by atoms with E-state index in [9.17, 15) is 14.4 Å². The Hall–Kier alpha value is -2.87. The van der Waals surface area contributed by atoms with Crippen molar-refractivity contribution < 1.29 is 14.4 Å². The van der Waals surface area contributed by atoms with Crippen molar-refractivity contribution in [3.05, 3.63) is 52.3 Å². The minimum absolute atomic E-state index is 0.157. The molecule has 0 radical (unpaired) electrons. The molecule has 8 nitrogen and oxygen atoms in total. The van der Waals surface area contributed by atoms with Gasteiger partial charge in [0.05, 0.1) is 6.54 Å². The molecule has 1 saturated heterocycles. The summed E-state index contributed by atoms with van der Waals surface area (Å²) in [6.45, 7) is 2.41. The lowest BCUT2D eigenvalue weighted by Crippen LogP contribution is -2.41. The van der Waals surface area contributed by atoms with E-state index in [1.54, 1.807) is 26.6 Å². The Bertz CT molecular complexity index is 965. The molecule has 152 valence electrons. The van der Waals surface area contributed by atoms with Crippen LogP contribution in [0.3, 0.4) is 0 Å².